The summed E-state index contributed by atoms with van der Waals surface area (Å²) in [6, 6.07) is 9.97. The number of nitrogens with two attached hydrogens (primary N) is 1. The largest absolute Gasteiger partial charge is 0.491 e. The molecule has 2 heterocycles. The SMILES string of the molecule is NC(=O)c1ccc(-c2csc(CNCCc3cccs3)c2)cc1OC(=O)C(F)(F)F. The highest BCUT2D eigenvalue weighted by atomic mass is 32.1. The lowest BCUT2D eigenvalue weighted by atomic mass is 10.0. The number of carbonyl (C=O) groups is 2. The van der Waals surface area contributed by atoms with Crippen LogP contribution < -0.4 is 15.8 Å². The standard InChI is InChI=1S/C20H17F3N2O3S2/c21-20(22,23)19(27)28-17-9-12(3-4-16(17)18(24)26)13-8-15(30-11-13)10-25-6-5-14-2-1-7-29-14/h1-4,7-9,11,25H,5-6,10H2,(H2,24,26). The lowest BCUT2D eigenvalue weighted by molar-refractivity contribution is -0.189. The number of alkyl halides is 3. The Bertz CT molecular complexity index is 1030. The summed E-state index contributed by atoms with van der Waals surface area (Å²) in [4.78, 5) is 25.0. The first-order chi connectivity index (χ1) is 14.2. The topological polar surface area (TPSA) is 81.4 Å². The van der Waals surface area contributed by atoms with Crippen molar-refractivity contribution >= 4 is 34.6 Å². The Morgan fingerprint density at radius 1 is 1.07 bits per heavy atom. The summed E-state index contributed by atoms with van der Waals surface area (Å²) in [5.74, 6) is -3.93. The van der Waals surface area contributed by atoms with Crippen LogP contribution in [0, 0.1) is 0 Å². The molecule has 3 aromatic rings. The molecule has 0 radical (unpaired) electrons. The number of rotatable bonds is 8. The van der Waals surface area contributed by atoms with E-state index in [0.717, 1.165) is 23.4 Å². The van der Waals surface area contributed by atoms with Crippen LogP contribution in [0.15, 0.2) is 47.2 Å². The van der Waals surface area contributed by atoms with Crippen LogP contribution in [0.2, 0.25) is 0 Å². The van der Waals surface area contributed by atoms with E-state index < -0.39 is 23.8 Å². The summed E-state index contributed by atoms with van der Waals surface area (Å²) in [6.07, 6.45) is -4.26. The van der Waals surface area contributed by atoms with Crippen LogP contribution >= 0.6 is 22.7 Å². The summed E-state index contributed by atoms with van der Waals surface area (Å²) >= 11 is 3.19. The van der Waals surface area contributed by atoms with Gasteiger partial charge in [0.2, 0.25) is 0 Å². The summed E-state index contributed by atoms with van der Waals surface area (Å²) < 4.78 is 42.0. The highest BCUT2D eigenvalue weighted by Crippen LogP contribution is 2.31. The first-order valence-corrected chi connectivity index (χ1v) is 10.5. The normalized spacial score (nSPS) is 11.4. The highest BCUT2D eigenvalue weighted by Gasteiger charge is 2.41. The molecule has 0 atom stereocenters. The Balaban J connectivity index is 1.70. The molecule has 0 saturated carbocycles. The quantitative estimate of drug-likeness (QED) is 0.301. The predicted molar refractivity (Wildman–Crippen MR) is 110 cm³/mol. The van der Waals surface area contributed by atoms with E-state index in [-0.39, 0.29) is 5.56 Å². The summed E-state index contributed by atoms with van der Waals surface area (Å²) in [5.41, 5.74) is 6.11. The third-order valence-electron chi connectivity index (χ3n) is 4.10. The Hall–Kier alpha value is -2.69. The van der Waals surface area contributed by atoms with Crippen molar-refractivity contribution in [3.8, 4) is 16.9 Å². The van der Waals surface area contributed by atoms with Gasteiger partial charge in [-0.3, -0.25) is 4.79 Å². The first-order valence-electron chi connectivity index (χ1n) is 8.78. The molecule has 30 heavy (non-hydrogen) atoms. The summed E-state index contributed by atoms with van der Waals surface area (Å²) in [7, 11) is 0. The van der Waals surface area contributed by atoms with E-state index in [0.29, 0.717) is 12.1 Å². The average Bonchev–Trinajstić information content (AvgIpc) is 3.36. The van der Waals surface area contributed by atoms with Crippen molar-refractivity contribution in [2.75, 3.05) is 6.54 Å². The van der Waals surface area contributed by atoms with Crippen molar-refractivity contribution in [3.63, 3.8) is 0 Å². The zero-order valence-corrected chi connectivity index (χ0v) is 17.1. The van der Waals surface area contributed by atoms with E-state index in [1.807, 2.05) is 22.9 Å². The molecule has 0 spiro atoms. The van der Waals surface area contributed by atoms with Crippen molar-refractivity contribution in [1.29, 1.82) is 0 Å². The second kappa shape index (κ2) is 9.41. The van der Waals surface area contributed by atoms with Crippen molar-refractivity contribution in [2.45, 2.75) is 19.1 Å². The summed E-state index contributed by atoms with van der Waals surface area (Å²) in [6.45, 7) is 1.46. The Morgan fingerprint density at radius 3 is 2.53 bits per heavy atom. The third-order valence-corrected chi connectivity index (χ3v) is 5.97. The number of halogens is 3. The van der Waals surface area contributed by atoms with Gasteiger partial charge in [-0.05, 0) is 52.6 Å². The van der Waals surface area contributed by atoms with Crippen LogP contribution in [0.25, 0.3) is 11.1 Å². The van der Waals surface area contributed by atoms with Crippen LogP contribution in [0.4, 0.5) is 13.2 Å². The van der Waals surface area contributed by atoms with Crippen molar-refractivity contribution < 1.29 is 27.5 Å². The molecule has 0 fully saturated rings. The minimum atomic E-state index is -5.19. The van der Waals surface area contributed by atoms with Crippen LogP contribution in [0.1, 0.15) is 20.1 Å². The van der Waals surface area contributed by atoms with Gasteiger partial charge in [0.25, 0.3) is 5.91 Å². The predicted octanol–water partition coefficient (Wildman–Crippen LogP) is 4.38. The number of esters is 1. The molecule has 5 nitrogen and oxygen atoms in total. The molecule has 0 aliphatic heterocycles. The van der Waals surface area contributed by atoms with Crippen LogP contribution in [0.3, 0.4) is 0 Å². The average molecular weight is 454 g/mol. The smallest absolute Gasteiger partial charge is 0.419 e. The van der Waals surface area contributed by atoms with Gasteiger partial charge in [0.05, 0.1) is 5.56 Å². The van der Waals surface area contributed by atoms with E-state index in [1.165, 1.54) is 28.3 Å². The van der Waals surface area contributed by atoms with E-state index in [4.69, 9.17) is 5.73 Å². The van der Waals surface area contributed by atoms with Gasteiger partial charge in [-0.25, -0.2) is 4.79 Å². The number of thiophene rings is 2. The molecular weight excluding hydrogens is 437 g/mol. The Labute approximate surface area is 178 Å². The zero-order chi connectivity index (χ0) is 21.7. The molecular formula is C20H17F3N2O3S2. The van der Waals surface area contributed by atoms with Crippen molar-refractivity contribution in [1.82, 2.24) is 5.32 Å². The number of carbonyl (C=O) groups excluding carboxylic acids is 2. The molecule has 0 aliphatic rings. The Kier molecular flexibility index (Phi) is 6.91. The van der Waals surface area contributed by atoms with Crippen LogP contribution in [0.5, 0.6) is 5.75 Å². The van der Waals surface area contributed by atoms with Gasteiger partial charge in [0.1, 0.15) is 5.75 Å². The fourth-order valence-corrected chi connectivity index (χ4v) is 4.22. The van der Waals surface area contributed by atoms with Gasteiger partial charge >= 0.3 is 12.1 Å². The summed E-state index contributed by atoms with van der Waals surface area (Å²) in [5, 5.41) is 7.22. The number of hydrogen-bond acceptors (Lipinski definition) is 6. The number of amides is 1. The van der Waals surface area contributed by atoms with Crippen LogP contribution in [-0.4, -0.2) is 24.6 Å². The minimum absolute atomic E-state index is 0.304. The van der Waals surface area contributed by atoms with Crippen molar-refractivity contribution in [2.24, 2.45) is 5.73 Å². The lowest BCUT2D eigenvalue weighted by Gasteiger charge is -2.11. The first kappa shape index (κ1) is 22.0. The van der Waals surface area contributed by atoms with Crippen LogP contribution in [-0.2, 0) is 17.8 Å². The molecule has 1 aromatic carbocycles. The molecule has 2 aromatic heterocycles. The zero-order valence-electron chi connectivity index (χ0n) is 15.5. The molecule has 3 rings (SSSR count). The molecule has 0 bridgehead atoms. The molecule has 10 heteroatoms. The molecule has 0 aliphatic carbocycles. The maximum atomic E-state index is 12.5. The minimum Gasteiger partial charge on any atom is -0.419 e. The van der Waals surface area contributed by atoms with Gasteiger partial charge in [-0.2, -0.15) is 13.2 Å². The number of nitrogens with one attached hydrogen (secondary N) is 1. The molecule has 0 unspecified atom stereocenters. The van der Waals surface area contributed by atoms with E-state index in [9.17, 15) is 22.8 Å². The number of benzene rings is 1. The second-order valence-electron chi connectivity index (χ2n) is 6.27. The maximum Gasteiger partial charge on any atom is 0.491 e. The van der Waals surface area contributed by atoms with E-state index in [1.54, 1.807) is 17.4 Å². The molecule has 158 valence electrons. The van der Waals surface area contributed by atoms with E-state index in [2.05, 4.69) is 16.1 Å². The number of hydrogen-bond donors (Lipinski definition) is 2. The molecule has 0 saturated heterocycles. The Morgan fingerprint density at radius 2 is 1.87 bits per heavy atom. The monoisotopic (exact) mass is 454 g/mol. The van der Waals surface area contributed by atoms with Gasteiger partial charge < -0.3 is 15.8 Å². The van der Waals surface area contributed by atoms with Gasteiger partial charge in [0, 0.05) is 22.8 Å². The molecule has 3 N–H and O–H groups in total. The van der Waals surface area contributed by atoms with Gasteiger partial charge in [-0.15, -0.1) is 22.7 Å². The second-order valence-corrected chi connectivity index (χ2v) is 8.30. The van der Waals surface area contributed by atoms with Gasteiger partial charge in [-0.1, -0.05) is 12.1 Å². The molecule has 1 amide bonds. The maximum absolute atomic E-state index is 12.5. The van der Waals surface area contributed by atoms with E-state index >= 15 is 0 Å². The van der Waals surface area contributed by atoms with Crippen molar-refractivity contribution in [3.05, 3.63) is 62.5 Å². The fourth-order valence-electron chi connectivity index (χ4n) is 2.65. The number of primary amides is 1. The highest BCUT2D eigenvalue weighted by molar-refractivity contribution is 7.10. The lowest BCUT2D eigenvalue weighted by Crippen LogP contribution is -2.29. The third kappa shape index (κ3) is 5.68. The number of ether oxygens (including phenoxy) is 1. The fraction of sp³-hybridized carbons (Fsp3) is 0.200. The van der Waals surface area contributed by atoms with Gasteiger partial charge in [0.15, 0.2) is 0 Å².